The molecule has 0 aliphatic rings. The Kier molecular flexibility index (Phi) is 12.0. The van der Waals surface area contributed by atoms with Crippen LogP contribution in [-0.2, 0) is 0 Å². The fourth-order valence-corrected chi connectivity index (χ4v) is 12.2. The van der Waals surface area contributed by atoms with Crippen molar-refractivity contribution in [2.45, 2.75) is 72.6 Å². The molecule has 0 spiro atoms. The smallest absolute Gasteiger partial charge is 0.141 e. The maximum absolute atomic E-state index is 9.31. The zero-order valence-electron chi connectivity index (χ0n) is 15.7. The summed E-state index contributed by atoms with van der Waals surface area (Å²) in [4.78, 5) is 4.03. The van der Waals surface area contributed by atoms with Gasteiger partial charge in [0.15, 0.2) is 0 Å². The molecule has 1 aromatic heterocycles. The van der Waals surface area contributed by atoms with E-state index in [1.54, 1.807) is 31.6 Å². The Bertz CT molecular complexity index is 534. The topological polar surface area (TPSA) is 33.1 Å². The summed E-state index contributed by atoms with van der Waals surface area (Å²) in [5, 5.41) is 10.3. The van der Waals surface area contributed by atoms with Crippen LogP contribution in [0.1, 0.15) is 59.3 Å². The van der Waals surface area contributed by atoms with Crippen molar-refractivity contribution in [1.82, 2.24) is 4.98 Å². The number of hydrogen-bond donors (Lipinski definition) is 1. The molecule has 0 unspecified atom stereocenters. The quantitative estimate of drug-likeness (QED) is 0.439. The van der Waals surface area contributed by atoms with Gasteiger partial charge < -0.3 is 5.11 Å². The number of para-hydroxylation sites is 1. The number of hydrogen-bond acceptors (Lipinski definition) is 2. The number of phenols is 1. The largest absolute Gasteiger partial charge is 0.506 e. The van der Waals surface area contributed by atoms with E-state index in [0.717, 1.165) is 5.39 Å². The number of rotatable bonds is 9. The molecule has 2 nitrogen and oxygen atoms in total. The molecule has 0 fully saturated rings. The number of pyridine rings is 1. The van der Waals surface area contributed by atoms with Gasteiger partial charge in [0.25, 0.3) is 0 Å². The van der Waals surface area contributed by atoms with E-state index < -0.39 is 19.8 Å². The first-order valence-electron chi connectivity index (χ1n) is 9.59. The van der Waals surface area contributed by atoms with Gasteiger partial charge in [0.2, 0.25) is 0 Å². The van der Waals surface area contributed by atoms with Crippen molar-refractivity contribution in [3.8, 4) is 5.75 Å². The molecule has 24 heavy (non-hydrogen) atoms. The molecule has 0 saturated carbocycles. The summed E-state index contributed by atoms with van der Waals surface area (Å²) >= 11 is -0.839. The first kappa shape index (κ1) is 21.3. The van der Waals surface area contributed by atoms with E-state index in [2.05, 4.69) is 25.8 Å². The summed E-state index contributed by atoms with van der Waals surface area (Å²) in [5.41, 5.74) is 0.662. The normalized spacial score (nSPS) is 10.7. The minimum atomic E-state index is -0.839. The molecule has 1 aromatic carbocycles. The zero-order chi connectivity index (χ0) is 17.6. The van der Waals surface area contributed by atoms with Gasteiger partial charge in [-0.2, -0.15) is 0 Å². The summed E-state index contributed by atoms with van der Waals surface area (Å²) in [7, 11) is 0. The third-order valence-corrected chi connectivity index (χ3v) is 13.3. The maximum Gasteiger partial charge on any atom is 0.141 e. The van der Waals surface area contributed by atoms with E-state index in [4.69, 9.17) is 0 Å². The molecular weight excluding hydrogens is 401 g/mol. The van der Waals surface area contributed by atoms with Crippen molar-refractivity contribution in [3.05, 3.63) is 36.5 Å². The predicted molar refractivity (Wildman–Crippen MR) is 108 cm³/mol. The molecule has 0 atom stereocenters. The van der Waals surface area contributed by atoms with Gasteiger partial charge in [-0.1, -0.05) is 18.2 Å². The predicted octanol–water partition coefficient (Wildman–Crippen LogP) is 6.82. The summed E-state index contributed by atoms with van der Waals surface area (Å²) in [5.74, 6) is 0.239. The van der Waals surface area contributed by atoms with E-state index in [1.807, 2.05) is 18.2 Å². The first-order chi connectivity index (χ1) is 11.7. The molecule has 1 heterocycles. The van der Waals surface area contributed by atoms with Crippen molar-refractivity contribution in [3.63, 3.8) is 0 Å². The minimum absolute atomic E-state index is 0.239. The number of phenolic OH excluding ortho intramolecular Hbond substituents is 1. The molecule has 1 radical (unpaired) electrons. The van der Waals surface area contributed by atoms with Crippen LogP contribution in [0.2, 0.25) is 13.3 Å². The van der Waals surface area contributed by atoms with Gasteiger partial charge in [0.05, 0.1) is 0 Å². The van der Waals surface area contributed by atoms with Crippen LogP contribution in [0.5, 0.6) is 5.75 Å². The maximum atomic E-state index is 9.31. The molecule has 0 bridgehead atoms. The monoisotopic (exact) mass is 436 g/mol. The Morgan fingerprint density at radius 3 is 1.88 bits per heavy atom. The molecule has 0 amide bonds. The second-order valence-electron chi connectivity index (χ2n) is 6.41. The number of aromatic hydroxyl groups is 1. The van der Waals surface area contributed by atoms with Crippen LogP contribution >= 0.6 is 0 Å². The average Bonchev–Trinajstić information content (AvgIpc) is 2.62. The molecule has 2 rings (SSSR count). The molecule has 0 aliphatic carbocycles. The van der Waals surface area contributed by atoms with E-state index in [0.29, 0.717) is 5.52 Å². The molecule has 133 valence electrons. The van der Waals surface area contributed by atoms with E-state index in [1.165, 1.54) is 38.5 Å². The Balaban J connectivity index is 0.000000242. The van der Waals surface area contributed by atoms with Crippen molar-refractivity contribution in [1.29, 1.82) is 0 Å². The summed E-state index contributed by atoms with van der Waals surface area (Å²) < 4.78 is 5.04. The summed E-state index contributed by atoms with van der Waals surface area (Å²) in [6.45, 7) is 7.00. The van der Waals surface area contributed by atoms with Crippen molar-refractivity contribution in [2.75, 3.05) is 0 Å². The fourth-order valence-electron chi connectivity index (χ4n) is 2.74. The van der Waals surface area contributed by atoms with Crippen molar-refractivity contribution < 1.29 is 5.11 Å². The zero-order valence-corrected chi connectivity index (χ0v) is 18.6. The molecule has 2 aromatic rings. The fraction of sp³-hybridized carbons (Fsp3) is 0.571. The first-order valence-corrected chi connectivity index (χ1v) is 15.6. The van der Waals surface area contributed by atoms with Gasteiger partial charge in [-0.05, 0) is 12.1 Å². The summed E-state index contributed by atoms with van der Waals surface area (Å²) in [6.07, 6.45) is 10.5. The van der Waals surface area contributed by atoms with Gasteiger partial charge in [-0.3, -0.25) is 4.98 Å². The number of aromatic nitrogens is 1. The number of nitrogens with zero attached hydrogens (tertiary/aromatic N) is 1. The van der Waals surface area contributed by atoms with Gasteiger partial charge in [0.1, 0.15) is 11.3 Å². The van der Waals surface area contributed by atoms with Gasteiger partial charge >= 0.3 is 92.4 Å². The van der Waals surface area contributed by atoms with Crippen molar-refractivity contribution >= 4 is 30.7 Å². The second-order valence-corrected chi connectivity index (χ2v) is 15.0. The Morgan fingerprint density at radius 2 is 1.38 bits per heavy atom. The SMILES string of the molecule is CCC[CH2][Sn]([CH2]CCC)[CH2]CCC.Oc1cccc2cccnc12. The third-order valence-electron chi connectivity index (χ3n) is 4.26. The third kappa shape index (κ3) is 8.36. The number of unbranched alkanes of at least 4 members (excludes halogenated alkanes) is 3. The molecule has 3 heteroatoms. The molecular formula is C21H34NOSn. The Labute approximate surface area is 155 Å². The Hall–Kier alpha value is -0.771. The number of fused-ring (bicyclic) bond motifs is 1. The molecule has 0 aliphatic heterocycles. The van der Waals surface area contributed by atoms with Crippen LogP contribution in [0.3, 0.4) is 0 Å². The second kappa shape index (κ2) is 13.5. The standard InChI is InChI=1S/C9H7NO.3C4H9.Sn/c11-8-5-1-3-7-4-2-6-10-9(7)8;3*1-3-4-2;/h1-6,11H;3*1,3-4H2,2H3;. The summed E-state index contributed by atoms with van der Waals surface area (Å²) in [6, 6.07) is 9.13. The van der Waals surface area contributed by atoms with Crippen LogP contribution in [0.4, 0.5) is 0 Å². The molecule has 1 N–H and O–H groups in total. The van der Waals surface area contributed by atoms with E-state index in [-0.39, 0.29) is 5.75 Å². The average molecular weight is 435 g/mol. The minimum Gasteiger partial charge on any atom is -0.506 e. The Morgan fingerprint density at radius 1 is 0.833 bits per heavy atom. The van der Waals surface area contributed by atoms with Crippen LogP contribution in [-0.4, -0.2) is 29.9 Å². The van der Waals surface area contributed by atoms with Crippen LogP contribution in [0.25, 0.3) is 10.9 Å². The van der Waals surface area contributed by atoms with Gasteiger partial charge in [0, 0.05) is 11.6 Å². The van der Waals surface area contributed by atoms with Crippen molar-refractivity contribution in [2.24, 2.45) is 0 Å². The van der Waals surface area contributed by atoms with Gasteiger partial charge in [-0.15, -0.1) is 0 Å². The van der Waals surface area contributed by atoms with E-state index in [9.17, 15) is 5.11 Å². The van der Waals surface area contributed by atoms with Crippen LogP contribution in [0, 0.1) is 0 Å². The van der Waals surface area contributed by atoms with E-state index >= 15 is 0 Å². The van der Waals surface area contributed by atoms with Crippen LogP contribution in [0.15, 0.2) is 36.5 Å². The molecule has 0 saturated heterocycles. The number of benzene rings is 1. The van der Waals surface area contributed by atoms with Gasteiger partial charge in [-0.25, -0.2) is 0 Å². The van der Waals surface area contributed by atoms with Crippen LogP contribution < -0.4 is 0 Å².